The number of furan rings is 2. The molecule has 11 aromatic rings. The van der Waals surface area contributed by atoms with Crippen molar-refractivity contribution in [2.45, 2.75) is 0 Å². The van der Waals surface area contributed by atoms with Gasteiger partial charge in [0.25, 0.3) is 0 Å². The maximum absolute atomic E-state index is 6.77. The SMILES string of the molecule is c1ccc(-c2nc(-c3ccccc3)nc(-c3ccc(-c4ccc(-c5cccc6c5oc5ccccc56)c5oc6ccccc6c45)c4ccccc34)n2)cc1. The predicted octanol–water partition coefficient (Wildman–Crippen LogP) is 13.2. The lowest BCUT2D eigenvalue weighted by atomic mass is 9.90. The zero-order valence-electron chi connectivity index (χ0n) is 28.9. The van der Waals surface area contributed by atoms with Crippen molar-refractivity contribution < 1.29 is 8.83 Å². The van der Waals surface area contributed by atoms with E-state index < -0.39 is 0 Å². The van der Waals surface area contributed by atoms with Gasteiger partial charge >= 0.3 is 0 Å². The maximum atomic E-state index is 6.77. The van der Waals surface area contributed by atoms with Crippen LogP contribution >= 0.6 is 0 Å². The maximum Gasteiger partial charge on any atom is 0.164 e. The molecule has 0 aliphatic rings. The average molecular weight is 692 g/mol. The Morgan fingerprint density at radius 1 is 0.278 bits per heavy atom. The number of benzene rings is 8. The summed E-state index contributed by atoms with van der Waals surface area (Å²) >= 11 is 0. The Labute approximate surface area is 309 Å². The van der Waals surface area contributed by atoms with E-state index >= 15 is 0 Å². The third-order valence-electron chi connectivity index (χ3n) is 10.4. The zero-order valence-corrected chi connectivity index (χ0v) is 28.9. The van der Waals surface area contributed by atoms with E-state index in [-0.39, 0.29) is 0 Å². The third kappa shape index (κ3) is 4.76. The number of para-hydroxylation sites is 3. The first-order valence-corrected chi connectivity index (χ1v) is 18.0. The van der Waals surface area contributed by atoms with Crippen LogP contribution in [0.1, 0.15) is 0 Å². The van der Waals surface area contributed by atoms with Gasteiger partial charge in [-0.05, 0) is 46.2 Å². The van der Waals surface area contributed by atoms with Crippen molar-refractivity contribution in [1.29, 1.82) is 0 Å². The molecule has 3 aromatic heterocycles. The van der Waals surface area contributed by atoms with E-state index in [1.807, 2.05) is 84.9 Å². The molecule has 0 saturated carbocycles. The van der Waals surface area contributed by atoms with E-state index in [1.54, 1.807) is 0 Å². The lowest BCUT2D eigenvalue weighted by Crippen LogP contribution is -2.00. The van der Waals surface area contributed by atoms with E-state index in [9.17, 15) is 0 Å². The summed E-state index contributed by atoms with van der Waals surface area (Å²) in [6, 6.07) is 60.3. The van der Waals surface area contributed by atoms with Gasteiger partial charge in [0.2, 0.25) is 0 Å². The molecule has 0 spiro atoms. The Balaban J connectivity index is 1.14. The van der Waals surface area contributed by atoms with Crippen LogP contribution in [0.5, 0.6) is 0 Å². The van der Waals surface area contributed by atoms with Crippen LogP contribution in [0.4, 0.5) is 0 Å². The van der Waals surface area contributed by atoms with Crippen LogP contribution < -0.4 is 0 Å². The molecule has 8 aromatic carbocycles. The molecule has 0 fully saturated rings. The number of hydrogen-bond acceptors (Lipinski definition) is 5. The van der Waals surface area contributed by atoms with E-state index in [0.717, 1.165) is 93.6 Å². The lowest BCUT2D eigenvalue weighted by Gasteiger charge is -2.14. The Morgan fingerprint density at radius 3 is 1.44 bits per heavy atom. The number of nitrogens with zero attached hydrogens (tertiary/aromatic N) is 3. The number of aromatic nitrogens is 3. The van der Waals surface area contributed by atoms with Crippen LogP contribution in [0.2, 0.25) is 0 Å². The van der Waals surface area contributed by atoms with Gasteiger partial charge in [0.1, 0.15) is 22.3 Å². The number of hydrogen-bond donors (Lipinski definition) is 0. The van der Waals surface area contributed by atoms with Crippen LogP contribution in [0.15, 0.2) is 185 Å². The fourth-order valence-corrected chi connectivity index (χ4v) is 7.88. The first-order valence-electron chi connectivity index (χ1n) is 18.0. The van der Waals surface area contributed by atoms with E-state index in [4.69, 9.17) is 23.8 Å². The molecule has 5 nitrogen and oxygen atoms in total. The fraction of sp³-hybridized carbons (Fsp3) is 0. The van der Waals surface area contributed by atoms with Gasteiger partial charge in [-0.3, -0.25) is 0 Å². The Bertz CT molecular complexity index is 3160. The zero-order chi connectivity index (χ0) is 35.6. The van der Waals surface area contributed by atoms with Crippen molar-refractivity contribution in [3.63, 3.8) is 0 Å². The van der Waals surface area contributed by atoms with Crippen molar-refractivity contribution >= 4 is 54.6 Å². The summed E-state index contributed by atoms with van der Waals surface area (Å²) in [6.07, 6.45) is 0. The molecule has 11 rings (SSSR count). The molecule has 5 heteroatoms. The van der Waals surface area contributed by atoms with Gasteiger partial charge in [-0.15, -0.1) is 0 Å². The van der Waals surface area contributed by atoms with Crippen molar-refractivity contribution in [2.75, 3.05) is 0 Å². The fourth-order valence-electron chi connectivity index (χ4n) is 7.88. The molecule has 0 unspecified atom stereocenters. The van der Waals surface area contributed by atoms with Crippen LogP contribution in [0.25, 0.3) is 111 Å². The monoisotopic (exact) mass is 691 g/mol. The molecule has 0 bridgehead atoms. The van der Waals surface area contributed by atoms with E-state index in [2.05, 4.69) is 91.0 Å². The Morgan fingerprint density at radius 2 is 0.741 bits per heavy atom. The first kappa shape index (κ1) is 30.3. The standard InChI is InChI=1S/C49H29N3O2/c1-3-14-30(15-4-1)47-50-48(31-16-5-2-6-17-31)52-49(51-47)40-29-26-34(32-18-7-8-19-33(32)40)36-27-28-39(46-44(36)41-21-10-12-25-43(41)54-46)38-23-13-22-37-35-20-9-11-24-42(35)53-45(37)38/h1-29H. The smallest absolute Gasteiger partial charge is 0.164 e. The summed E-state index contributed by atoms with van der Waals surface area (Å²) in [5.74, 6) is 1.89. The molecule has 0 radical (unpaired) electrons. The third-order valence-corrected chi connectivity index (χ3v) is 10.4. The second-order valence-electron chi connectivity index (χ2n) is 13.5. The van der Waals surface area contributed by atoms with Gasteiger partial charge in [0.15, 0.2) is 17.5 Å². The minimum absolute atomic E-state index is 0.624. The number of rotatable bonds is 5. The van der Waals surface area contributed by atoms with Crippen molar-refractivity contribution in [1.82, 2.24) is 15.0 Å². The highest BCUT2D eigenvalue weighted by molar-refractivity contribution is 6.21. The number of fused-ring (bicyclic) bond motifs is 7. The van der Waals surface area contributed by atoms with Gasteiger partial charge in [-0.1, -0.05) is 152 Å². The molecular formula is C49H29N3O2. The molecule has 54 heavy (non-hydrogen) atoms. The summed E-state index contributed by atoms with van der Waals surface area (Å²) in [5, 5.41) is 6.46. The minimum atomic E-state index is 0.624. The first-order chi connectivity index (χ1) is 26.8. The molecule has 0 aliphatic heterocycles. The van der Waals surface area contributed by atoms with Crippen molar-refractivity contribution in [3.8, 4) is 56.4 Å². The molecule has 0 N–H and O–H groups in total. The van der Waals surface area contributed by atoms with Gasteiger partial charge in [-0.25, -0.2) is 15.0 Å². The predicted molar refractivity (Wildman–Crippen MR) is 219 cm³/mol. The lowest BCUT2D eigenvalue weighted by molar-refractivity contribution is 0.665. The minimum Gasteiger partial charge on any atom is -0.455 e. The van der Waals surface area contributed by atoms with E-state index in [1.165, 1.54) is 0 Å². The van der Waals surface area contributed by atoms with Crippen molar-refractivity contribution in [2.24, 2.45) is 0 Å². The van der Waals surface area contributed by atoms with Gasteiger partial charge in [-0.2, -0.15) is 0 Å². The summed E-state index contributed by atoms with van der Waals surface area (Å²) in [5.41, 5.74) is 10.4. The molecular weight excluding hydrogens is 663 g/mol. The highest BCUT2D eigenvalue weighted by Crippen LogP contribution is 2.46. The normalized spacial score (nSPS) is 11.7. The second kappa shape index (κ2) is 12.1. The molecule has 3 heterocycles. The topological polar surface area (TPSA) is 65.0 Å². The molecule has 252 valence electrons. The summed E-state index contributed by atoms with van der Waals surface area (Å²) in [7, 11) is 0. The van der Waals surface area contributed by atoms with Crippen LogP contribution in [-0.2, 0) is 0 Å². The second-order valence-corrected chi connectivity index (χ2v) is 13.5. The molecule has 0 aliphatic carbocycles. The Hall–Kier alpha value is -7.37. The molecule has 0 saturated heterocycles. The highest BCUT2D eigenvalue weighted by Gasteiger charge is 2.22. The highest BCUT2D eigenvalue weighted by atomic mass is 16.3. The quantitative estimate of drug-likeness (QED) is 0.180. The summed E-state index contributed by atoms with van der Waals surface area (Å²) in [4.78, 5) is 15.1. The average Bonchev–Trinajstić information content (AvgIpc) is 3.83. The van der Waals surface area contributed by atoms with Gasteiger partial charge < -0.3 is 8.83 Å². The van der Waals surface area contributed by atoms with Gasteiger partial charge in [0.05, 0.1) is 0 Å². The van der Waals surface area contributed by atoms with E-state index in [0.29, 0.717) is 17.5 Å². The van der Waals surface area contributed by atoms with Crippen LogP contribution in [-0.4, -0.2) is 15.0 Å². The molecule has 0 atom stereocenters. The van der Waals surface area contributed by atoms with Crippen molar-refractivity contribution in [3.05, 3.63) is 176 Å². The van der Waals surface area contributed by atoms with Crippen LogP contribution in [0.3, 0.4) is 0 Å². The Kier molecular flexibility index (Phi) is 6.79. The van der Waals surface area contributed by atoms with Crippen LogP contribution in [0, 0.1) is 0 Å². The summed E-state index contributed by atoms with van der Waals surface area (Å²) in [6.45, 7) is 0. The van der Waals surface area contributed by atoms with Gasteiger partial charge in [0, 0.05) is 49.4 Å². The largest absolute Gasteiger partial charge is 0.455 e. The molecule has 0 amide bonds. The summed E-state index contributed by atoms with van der Waals surface area (Å²) < 4.78 is 13.3.